The Labute approximate surface area is 76.2 Å². The van der Waals surface area contributed by atoms with E-state index in [1.54, 1.807) is 0 Å². The van der Waals surface area contributed by atoms with Gasteiger partial charge in [0, 0.05) is 12.6 Å². The quantitative estimate of drug-likeness (QED) is 0.698. The van der Waals surface area contributed by atoms with E-state index in [1.807, 2.05) is 0 Å². The molecule has 1 saturated carbocycles. The SMILES string of the molecule is FC1(F)CC1c1ccnc(Br)n1. The van der Waals surface area contributed by atoms with Gasteiger partial charge in [-0.25, -0.2) is 18.7 Å². The fourth-order valence-electron chi connectivity index (χ4n) is 1.08. The van der Waals surface area contributed by atoms with E-state index >= 15 is 0 Å². The molecule has 2 rings (SSSR count). The predicted octanol–water partition coefficient (Wildman–Crippen LogP) is 2.36. The molecule has 1 aliphatic rings. The zero-order chi connectivity index (χ0) is 8.77. The third-order valence-corrected chi connectivity index (χ3v) is 2.21. The van der Waals surface area contributed by atoms with Crippen LogP contribution in [0, 0.1) is 0 Å². The van der Waals surface area contributed by atoms with E-state index < -0.39 is 11.8 Å². The lowest BCUT2D eigenvalue weighted by Crippen LogP contribution is -1.96. The second-order valence-electron chi connectivity index (χ2n) is 2.77. The monoisotopic (exact) mass is 234 g/mol. The summed E-state index contributed by atoms with van der Waals surface area (Å²) in [6.07, 6.45) is 1.39. The Morgan fingerprint density at radius 3 is 2.75 bits per heavy atom. The Hall–Kier alpha value is -0.580. The Bertz CT molecular complexity index is 316. The smallest absolute Gasteiger partial charge is 0.231 e. The van der Waals surface area contributed by atoms with Gasteiger partial charge in [-0.05, 0) is 22.0 Å². The number of halogens is 3. The summed E-state index contributed by atoms with van der Waals surface area (Å²) in [5.41, 5.74) is 0.418. The van der Waals surface area contributed by atoms with Gasteiger partial charge in [-0.3, -0.25) is 0 Å². The molecule has 0 aromatic carbocycles. The summed E-state index contributed by atoms with van der Waals surface area (Å²) in [7, 11) is 0. The summed E-state index contributed by atoms with van der Waals surface area (Å²) < 4.78 is 25.4. The molecule has 5 heteroatoms. The highest BCUT2D eigenvalue weighted by Crippen LogP contribution is 2.55. The molecule has 0 amide bonds. The molecule has 0 spiro atoms. The van der Waals surface area contributed by atoms with Crippen LogP contribution in [0.15, 0.2) is 17.0 Å². The van der Waals surface area contributed by atoms with Crippen LogP contribution in [-0.4, -0.2) is 15.9 Å². The molecule has 12 heavy (non-hydrogen) atoms. The van der Waals surface area contributed by atoms with E-state index in [0.717, 1.165) is 0 Å². The molecule has 1 heterocycles. The van der Waals surface area contributed by atoms with Crippen molar-refractivity contribution in [3.05, 3.63) is 22.7 Å². The van der Waals surface area contributed by atoms with E-state index in [-0.39, 0.29) is 6.42 Å². The molecule has 64 valence electrons. The lowest BCUT2D eigenvalue weighted by molar-refractivity contribution is 0.111. The number of hydrogen-bond donors (Lipinski definition) is 0. The molecule has 1 unspecified atom stereocenters. The number of alkyl halides is 2. The van der Waals surface area contributed by atoms with Gasteiger partial charge in [0.15, 0.2) is 4.73 Å². The first-order chi connectivity index (χ1) is 5.59. The summed E-state index contributed by atoms with van der Waals surface area (Å²) in [4.78, 5) is 7.61. The van der Waals surface area contributed by atoms with Gasteiger partial charge in [0.1, 0.15) is 0 Å². The number of hydrogen-bond acceptors (Lipinski definition) is 2. The van der Waals surface area contributed by atoms with Crippen molar-refractivity contribution >= 4 is 15.9 Å². The number of aromatic nitrogens is 2. The molecule has 1 fully saturated rings. The Balaban J connectivity index is 2.26. The summed E-state index contributed by atoms with van der Waals surface area (Å²) >= 11 is 3.03. The van der Waals surface area contributed by atoms with E-state index in [0.29, 0.717) is 10.4 Å². The Morgan fingerprint density at radius 2 is 2.25 bits per heavy atom. The zero-order valence-corrected chi connectivity index (χ0v) is 7.55. The van der Waals surface area contributed by atoms with Crippen LogP contribution in [-0.2, 0) is 0 Å². The summed E-state index contributed by atoms with van der Waals surface area (Å²) in [6.45, 7) is 0. The second-order valence-corrected chi connectivity index (χ2v) is 3.48. The minimum atomic E-state index is -2.55. The molecule has 0 bridgehead atoms. The molecular weight excluding hydrogens is 230 g/mol. The van der Waals surface area contributed by atoms with Crippen molar-refractivity contribution in [2.75, 3.05) is 0 Å². The summed E-state index contributed by atoms with van der Waals surface area (Å²) in [6, 6.07) is 1.52. The highest BCUT2D eigenvalue weighted by atomic mass is 79.9. The standard InChI is InChI=1S/C7H5BrF2N2/c8-6-11-2-1-5(12-6)4-3-7(4,9)10/h1-2,4H,3H2. The average Bonchev–Trinajstić information content (AvgIpc) is 2.60. The number of rotatable bonds is 1. The number of nitrogens with zero attached hydrogens (tertiary/aromatic N) is 2. The lowest BCUT2D eigenvalue weighted by Gasteiger charge is -1.97. The van der Waals surface area contributed by atoms with E-state index in [9.17, 15) is 8.78 Å². The normalized spacial score (nSPS) is 25.4. The highest BCUT2D eigenvalue weighted by molar-refractivity contribution is 9.10. The maximum atomic E-state index is 12.5. The molecule has 2 nitrogen and oxygen atoms in total. The van der Waals surface area contributed by atoms with Gasteiger partial charge in [-0.2, -0.15) is 0 Å². The van der Waals surface area contributed by atoms with Crippen LogP contribution >= 0.6 is 15.9 Å². The third kappa shape index (κ3) is 1.33. The molecule has 1 aromatic rings. The molecule has 0 N–H and O–H groups in total. The van der Waals surface area contributed by atoms with E-state index in [2.05, 4.69) is 25.9 Å². The van der Waals surface area contributed by atoms with Crippen molar-refractivity contribution in [2.24, 2.45) is 0 Å². The molecule has 1 aliphatic carbocycles. The predicted molar refractivity (Wildman–Crippen MR) is 42.0 cm³/mol. The van der Waals surface area contributed by atoms with Crippen molar-refractivity contribution in [1.29, 1.82) is 0 Å². The summed E-state index contributed by atoms with van der Waals surface area (Å²) in [5.74, 6) is -3.25. The fourth-order valence-corrected chi connectivity index (χ4v) is 1.40. The minimum Gasteiger partial charge on any atom is -0.231 e. The zero-order valence-electron chi connectivity index (χ0n) is 5.97. The first kappa shape index (κ1) is 8.04. The van der Waals surface area contributed by atoms with Crippen LogP contribution in [0.25, 0.3) is 0 Å². The molecule has 1 atom stereocenters. The maximum absolute atomic E-state index is 12.5. The van der Waals surface area contributed by atoms with Crippen LogP contribution in [0.1, 0.15) is 18.0 Å². The van der Waals surface area contributed by atoms with Gasteiger partial charge in [0.05, 0.1) is 11.6 Å². The van der Waals surface area contributed by atoms with Gasteiger partial charge < -0.3 is 0 Å². The van der Waals surface area contributed by atoms with E-state index in [4.69, 9.17) is 0 Å². The van der Waals surface area contributed by atoms with Crippen molar-refractivity contribution < 1.29 is 8.78 Å². The Morgan fingerprint density at radius 1 is 1.58 bits per heavy atom. The first-order valence-corrected chi connectivity index (χ1v) is 4.25. The van der Waals surface area contributed by atoms with Crippen LogP contribution in [0.3, 0.4) is 0 Å². The van der Waals surface area contributed by atoms with Crippen molar-refractivity contribution in [1.82, 2.24) is 9.97 Å². The minimum absolute atomic E-state index is 0.0869. The maximum Gasteiger partial charge on any atom is 0.257 e. The highest BCUT2D eigenvalue weighted by Gasteiger charge is 2.58. The molecule has 0 radical (unpaired) electrons. The molecule has 0 saturated heterocycles. The van der Waals surface area contributed by atoms with Crippen LogP contribution < -0.4 is 0 Å². The molecule has 1 aromatic heterocycles. The van der Waals surface area contributed by atoms with Gasteiger partial charge >= 0.3 is 0 Å². The van der Waals surface area contributed by atoms with Gasteiger partial charge in [0.2, 0.25) is 0 Å². The van der Waals surface area contributed by atoms with Gasteiger partial charge in [-0.1, -0.05) is 0 Å². The third-order valence-electron chi connectivity index (χ3n) is 1.83. The van der Waals surface area contributed by atoms with Crippen molar-refractivity contribution in [2.45, 2.75) is 18.3 Å². The van der Waals surface area contributed by atoms with Crippen molar-refractivity contribution in [3.8, 4) is 0 Å². The second kappa shape index (κ2) is 2.45. The molecular formula is C7H5BrF2N2. The largest absolute Gasteiger partial charge is 0.257 e. The van der Waals surface area contributed by atoms with Crippen LogP contribution in [0.5, 0.6) is 0 Å². The molecule has 0 aliphatic heterocycles. The van der Waals surface area contributed by atoms with Gasteiger partial charge in [0.25, 0.3) is 5.92 Å². The fraction of sp³-hybridized carbons (Fsp3) is 0.429. The Kier molecular flexibility index (Phi) is 1.64. The topological polar surface area (TPSA) is 25.8 Å². The van der Waals surface area contributed by atoms with Gasteiger partial charge in [-0.15, -0.1) is 0 Å². The first-order valence-electron chi connectivity index (χ1n) is 3.46. The van der Waals surface area contributed by atoms with Crippen LogP contribution in [0.4, 0.5) is 8.78 Å². The average molecular weight is 235 g/mol. The van der Waals surface area contributed by atoms with Crippen LogP contribution in [0.2, 0.25) is 0 Å². The van der Waals surface area contributed by atoms with Crippen molar-refractivity contribution in [3.63, 3.8) is 0 Å². The lowest BCUT2D eigenvalue weighted by atomic mass is 10.3. The summed E-state index contributed by atoms with van der Waals surface area (Å²) in [5, 5.41) is 0. The van der Waals surface area contributed by atoms with E-state index in [1.165, 1.54) is 12.3 Å².